The predicted molar refractivity (Wildman–Crippen MR) is 72.4 cm³/mol. The van der Waals surface area contributed by atoms with Gasteiger partial charge >= 0.3 is 0 Å². The van der Waals surface area contributed by atoms with Crippen molar-refractivity contribution in [3.63, 3.8) is 0 Å². The number of Topliss-reactive ketones (excluding diaryl/α,β-unsaturated/α-hetero) is 1. The highest BCUT2D eigenvalue weighted by Crippen LogP contribution is 2.49. The molecular weight excluding hydrogens is 327 g/mol. The van der Waals surface area contributed by atoms with Crippen LogP contribution in [0.25, 0.3) is 0 Å². The zero-order valence-electron chi connectivity index (χ0n) is 8.53. The van der Waals surface area contributed by atoms with Gasteiger partial charge in [-0.1, -0.05) is 0 Å². The highest BCUT2D eigenvalue weighted by Gasteiger charge is 2.15. The fourth-order valence-electron chi connectivity index (χ4n) is 1.09. The van der Waals surface area contributed by atoms with E-state index in [0.29, 0.717) is 11.3 Å². The molecule has 0 fully saturated rings. The molecule has 0 aromatic heterocycles. The second-order valence-electron chi connectivity index (χ2n) is 3.67. The lowest BCUT2D eigenvalue weighted by Gasteiger charge is -2.21. The summed E-state index contributed by atoms with van der Waals surface area (Å²) in [5, 5.41) is 18.4. The van der Waals surface area contributed by atoms with Crippen LogP contribution in [-0.4, -0.2) is 34.3 Å². The first-order valence-corrected chi connectivity index (χ1v) is 9.41. The summed E-state index contributed by atoms with van der Waals surface area (Å²) in [5.41, 5.74) is 0.447. The Hall–Kier alpha value is -0.430. The first-order chi connectivity index (χ1) is 6.79. The van der Waals surface area contributed by atoms with Gasteiger partial charge in [0.2, 0.25) is 0 Å². The van der Waals surface area contributed by atoms with Crippen molar-refractivity contribution in [2.45, 2.75) is 0 Å². The van der Waals surface area contributed by atoms with E-state index in [-0.39, 0.29) is 17.3 Å². The summed E-state index contributed by atoms with van der Waals surface area (Å²) in [4.78, 5) is 11.7. The molecule has 1 aromatic carbocycles. The van der Waals surface area contributed by atoms with Crippen LogP contribution in [0.4, 0.5) is 0 Å². The molecule has 0 unspecified atom stereocenters. The zero-order chi connectivity index (χ0) is 11.6. The number of hydrogen-bond acceptors (Lipinski definition) is 3. The highest BCUT2D eigenvalue weighted by molar-refractivity contribution is 14.2. The van der Waals surface area contributed by atoms with Crippen molar-refractivity contribution < 1.29 is 15.0 Å². The quantitative estimate of drug-likeness (QED) is 0.505. The Morgan fingerprint density at radius 1 is 1.33 bits per heavy atom. The van der Waals surface area contributed by atoms with Gasteiger partial charge in [0.15, 0.2) is 17.3 Å². The lowest BCUT2D eigenvalue weighted by atomic mass is 10.1. The van der Waals surface area contributed by atoms with Crippen molar-refractivity contribution >= 4 is 34.2 Å². The van der Waals surface area contributed by atoms with Crippen LogP contribution < -0.4 is 0 Å². The number of ketones is 1. The maximum Gasteiger partial charge on any atom is 0.172 e. The average molecular weight is 340 g/mol. The molecule has 0 atom stereocenters. The topological polar surface area (TPSA) is 57.5 Å². The first-order valence-electron chi connectivity index (χ1n) is 4.25. The Kier molecular flexibility index (Phi) is 3.88. The third-order valence-electron chi connectivity index (χ3n) is 1.77. The third-order valence-corrected chi connectivity index (χ3v) is 3.65. The molecule has 84 valence electrons. The molecule has 2 N–H and O–H groups in total. The number of rotatable bonds is 3. The van der Waals surface area contributed by atoms with Gasteiger partial charge in [0.1, 0.15) is 0 Å². The van der Waals surface area contributed by atoms with Crippen LogP contribution in [0.3, 0.4) is 0 Å². The molecule has 0 bridgehead atoms. The molecule has 15 heavy (non-hydrogen) atoms. The Morgan fingerprint density at radius 2 is 1.93 bits per heavy atom. The number of carbonyl (C=O) groups excluding carboxylic acids is 1. The molecule has 0 heterocycles. The number of phenols is 2. The van der Waals surface area contributed by atoms with Crippen molar-refractivity contribution in [2.24, 2.45) is 0 Å². The molecule has 0 saturated carbocycles. The average Bonchev–Trinajstić information content (AvgIpc) is 2.06. The van der Waals surface area contributed by atoms with Gasteiger partial charge in [0, 0.05) is 11.3 Å². The predicted octanol–water partition coefficient (Wildman–Crippen LogP) is 2.69. The smallest absolute Gasteiger partial charge is 0.172 e. The van der Waals surface area contributed by atoms with Crippen molar-refractivity contribution in [3.05, 3.63) is 23.8 Å². The zero-order valence-corrected chi connectivity index (χ0v) is 11.5. The maximum atomic E-state index is 11.7. The van der Waals surface area contributed by atoms with E-state index in [9.17, 15) is 9.90 Å². The Morgan fingerprint density at radius 3 is 2.40 bits per heavy atom. The number of halogens is 1. The number of hydrogen-bond donors (Lipinski definition) is 2. The molecule has 1 aromatic rings. The van der Waals surface area contributed by atoms with Crippen molar-refractivity contribution in [1.82, 2.24) is 0 Å². The summed E-state index contributed by atoms with van der Waals surface area (Å²) in [6.45, 7) is 0. The number of aromatic hydroxyl groups is 2. The maximum absolute atomic E-state index is 11.7. The fraction of sp³-hybridized carbons (Fsp3) is 0.300. The minimum absolute atomic E-state index is 0.000278. The molecule has 0 amide bonds. The van der Waals surface area contributed by atoms with Crippen LogP contribution in [0, 0.1) is 0 Å². The van der Waals surface area contributed by atoms with Gasteiger partial charge in [-0.2, -0.15) is 7.20 Å². The largest absolute Gasteiger partial charge is 0.504 e. The van der Waals surface area contributed by atoms with Crippen molar-refractivity contribution in [3.8, 4) is 11.5 Å². The second-order valence-corrected chi connectivity index (χ2v) is 13.9. The number of phenolic OH excluding ortho intramolecular Hbond substituents is 2. The monoisotopic (exact) mass is 340 g/mol. The van der Waals surface area contributed by atoms with E-state index in [4.69, 9.17) is 5.11 Å². The number of carbonyl (C=O) groups is 1. The van der Waals surface area contributed by atoms with E-state index < -0.39 is 7.20 Å². The molecule has 0 aliphatic heterocycles. The van der Waals surface area contributed by atoms with E-state index in [1.54, 1.807) is 0 Å². The third kappa shape index (κ3) is 3.90. The molecule has 5 heteroatoms. The highest BCUT2D eigenvalue weighted by atomic mass is 127. The lowest BCUT2D eigenvalue weighted by molar-refractivity contribution is 0.102. The Bertz CT molecular complexity index is 385. The Balaban J connectivity index is 2.88. The van der Waals surface area contributed by atoms with E-state index in [2.05, 4.69) is 21.2 Å². The summed E-state index contributed by atoms with van der Waals surface area (Å²) in [7, 11) is -0.918. The first kappa shape index (κ1) is 12.6. The van der Waals surface area contributed by atoms with Gasteiger partial charge in [0.25, 0.3) is 0 Å². The summed E-state index contributed by atoms with van der Waals surface area (Å²) in [6.07, 6.45) is 4.09. The van der Waals surface area contributed by atoms with Crippen molar-refractivity contribution in [2.75, 3.05) is 18.3 Å². The molecular formula is C10H13IO3S. The minimum atomic E-state index is -0.918. The molecule has 0 saturated heterocycles. The van der Waals surface area contributed by atoms with Gasteiger partial charge in [-0.25, -0.2) is 0 Å². The summed E-state index contributed by atoms with van der Waals surface area (Å²) < 4.78 is 0. The molecule has 0 aliphatic rings. The summed E-state index contributed by atoms with van der Waals surface area (Å²) >= 11 is 2.28. The van der Waals surface area contributed by atoms with Crippen LogP contribution in [0.1, 0.15) is 10.4 Å². The normalized spacial score (nSPS) is 12.5. The van der Waals surface area contributed by atoms with Gasteiger partial charge in [-0.15, -0.1) is 0 Å². The van der Waals surface area contributed by atoms with Gasteiger partial charge < -0.3 is 10.2 Å². The number of benzene rings is 1. The van der Waals surface area contributed by atoms with Crippen LogP contribution in [0.2, 0.25) is 0 Å². The molecule has 0 radical (unpaired) electrons. The second kappa shape index (κ2) is 4.61. The van der Waals surface area contributed by atoms with Crippen LogP contribution in [0.15, 0.2) is 18.2 Å². The van der Waals surface area contributed by atoms with Crippen LogP contribution >= 0.6 is 28.4 Å². The SMILES string of the molecule is CS(C)(I)CC(=O)c1ccc(O)c(O)c1. The van der Waals surface area contributed by atoms with Gasteiger partial charge in [-0.3, -0.25) is 4.79 Å². The summed E-state index contributed by atoms with van der Waals surface area (Å²) in [5.74, 6) is 0.0343. The fourth-order valence-corrected chi connectivity index (χ4v) is 2.73. The molecule has 0 spiro atoms. The molecule has 1 rings (SSSR count). The molecule has 3 nitrogen and oxygen atoms in total. The van der Waals surface area contributed by atoms with Gasteiger partial charge in [-0.05, 0) is 51.9 Å². The van der Waals surface area contributed by atoms with E-state index in [0.717, 1.165) is 0 Å². The van der Waals surface area contributed by atoms with E-state index >= 15 is 0 Å². The minimum Gasteiger partial charge on any atom is -0.504 e. The Labute approximate surface area is 102 Å². The summed E-state index contributed by atoms with van der Waals surface area (Å²) in [6, 6.07) is 4.16. The van der Waals surface area contributed by atoms with Crippen molar-refractivity contribution in [1.29, 1.82) is 0 Å². The van der Waals surface area contributed by atoms with E-state index in [1.807, 2.05) is 12.5 Å². The molecule has 0 aliphatic carbocycles. The van der Waals surface area contributed by atoms with Gasteiger partial charge in [0.05, 0.1) is 0 Å². The van der Waals surface area contributed by atoms with E-state index in [1.165, 1.54) is 18.2 Å². The van der Waals surface area contributed by atoms with Crippen LogP contribution in [0.5, 0.6) is 11.5 Å². The van der Waals surface area contributed by atoms with Crippen LogP contribution in [-0.2, 0) is 0 Å². The standard InChI is InChI=1S/C10H13IO3S/c1-15(2,11)6-10(14)7-3-4-8(12)9(13)5-7/h3-5,12-13H,6H2,1-2H3. The lowest BCUT2D eigenvalue weighted by Crippen LogP contribution is -2.08.